The maximum atomic E-state index is 11.8. The molecular weight excluding hydrogens is 234 g/mol. The number of aryl methyl sites for hydroxylation is 1. The molecular formula is C12H11N3O3. The Kier molecular flexibility index (Phi) is 3.09. The van der Waals surface area contributed by atoms with Crippen LogP contribution in [0, 0.1) is 6.92 Å². The summed E-state index contributed by atoms with van der Waals surface area (Å²) in [6.45, 7) is 1.63. The van der Waals surface area contributed by atoms with E-state index < -0.39 is 11.8 Å². The molecule has 0 radical (unpaired) electrons. The highest BCUT2D eigenvalue weighted by molar-refractivity contribution is 6.07. The quantitative estimate of drug-likeness (QED) is 0.852. The highest BCUT2D eigenvalue weighted by atomic mass is 16.4. The van der Waals surface area contributed by atoms with E-state index in [4.69, 9.17) is 10.2 Å². The molecule has 0 saturated heterocycles. The molecule has 2 amide bonds. The van der Waals surface area contributed by atoms with Crippen LogP contribution in [-0.4, -0.2) is 16.8 Å². The molecule has 0 aliphatic rings. The molecule has 1 aromatic carbocycles. The van der Waals surface area contributed by atoms with Crippen molar-refractivity contribution < 1.29 is 14.0 Å². The molecule has 18 heavy (non-hydrogen) atoms. The Morgan fingerprint density at radius 2 is 2.06 bits per heavy atom. The van der Waals surface area contributed by atoms with E-state index >= 15 is 0 Å². The lowest BCUT2D eigenvalue weighted by atomic mass is 10.1. The second kappa shape index (κ2) is 4.70. The molecule has 6 nitrogen and oxygen atoms in total. The van der Waals surface area contributed by atoms with Crippen molar-refractivity contribution in [2.24, 2.45) is 5.73 Å². The van der Waals surface area contributed by atoms with Crippen LogP contribution in [0.25, 0.3) is 0 Å². The molecule has 6 heteroatoms. The average molecular weight is 245 g/mol. The maximum Gasteiger partial charge on any atom is 0.293 e. The number of para-hydroxylation sites is 1. The summed E-state index contributed by atoms with van der Waals surface area (Å²) >= 11 is 0. The number of carbonyl (C=O) groups excluding carboxylic acids is 2. The number of benzene rings is 1. The number of aromatic nitrogens is 1. The molecule has 0 atom stereocenters. The van der Waals surface area contributed by atoms with Gasteiger partial charge < -0.3 is 15.5 Å². The van der Waals surface area contributed by atoms with Crippen LogP contribution < -0.4 is 11.1 Å². The summed E-state index contributed by atoms with van der Waals surface area (Å²) in [6.07, 6.45) is 1.32. The Labute approximate surface area is 103 Å². The van der Waals surface area contributed by atoms with Gasteiger partial charge in [-0.05, 0) is 12.1 Å². The number of hydrogen-bond donors (Lipinski definition) is 2. The van der Waals surface area contributed by atoms with E-state index in [1.807, 2.05) is 0 Å². The number of oxazole rings is 1. The summed E-state index contributed by atoms with van der Waals surface area (Å²) in [7, 11) is 0. The van der Waals surface area contributed by atoms with Crippen molar-refractivity contribution in [1.82, 2.24) is 4.98 Å². The number of primary amides is 1. The van der Waals surface area contributed by atoms with Crippen LogP contribution in [0.3, 0.4) is 0 Å². The minimum absolute atomic E-state index is 0.0757. The first-order valence-corrected chi connectivity index (χ1v) is 5.20. The van der Waals surface area contributed by atoms with E-state index in [-0.39, 0.29) is 11.3 Å². The first-order valence-electron chi connectivity index (χ1n) is 5.20. The lowest BCUT2D eigenvalue weighted by molar-refractivity contribution is 0.0995. The third kappa shape index (κ3) is 2.37. The smallest absolute Gasteiger partial charge is 0.293 e. The number of anilines is 1. The van der Waals surface area contributed by atoms with Gasteiger partial charge in [0.1, 0.15) is 0 Å². The molecule has 0 unspecified atom stereocenters. The standard InChI is InChI=1S/C12H11N3O3/c1-7-14-6-10(18-7)12(17)15-9-5-3-2-4-8(9)11(13)16/h2-6H,1H3,(H2,13,16)(H,15,17). The van der Waals surface area contributed by atoms with Crippen molar-refractivity contribution in [2.75, 3.05) is 5.32 Å². The predicted octanol–water partition coefficient (Wildman–Crippen LogP) is 1.33. The zero-order chi connectivity index (χ0) is 13.1. The number of amides is 2. The Morgan fingerprint density at radius 1 is 1.33 bits per heavy atom. The van der Waals surface area contributed by atoms with Gasteiger partial charge in [-0.15, -0.1) is 0 Å². The summed E-state index contributed by atoms with van der Waals surface area (Å²) < 4.78 is 5.08. The molecule has 2 rings (SSSR count). The van der Waals surface area contributed by atoms with Gasteiger partial charge in [0.05, 0.1) is 17.4 Å². The minimum Gasteiger partial charge on any atom is -0.436 e. The van der Waals surface area contributed by atoms with E-state index in [0.29, 0.717) is 11.6 Å². The van der Waals surface area contributed by atoms with Gasteiger partial charge in [-0.25, -0.2) is 4.98 Å². The third-order valence-corrected chi connectivity index (χ3v) is 2.29. The van der Waals surface area contributed by atoms with Crippen LogP contribution in [0.2, 0.25) is 0 Å². The van der Waals surface area contributed by atoms with Gasteiger partial charge >= 0.3 is 0 Å². The molecule has 2 aromatic rings. The van der Waals surface area contributed by atoms with Crippen molar-refractivity contribution >= 4 is 17.5 Å². The van der Waals surface area contributed by atoms with E-state index in [1.54, 1.807) is 25.1 Å². The SMILES string of the molecule is Cc1ncc(C(=O)Nc2ccccc2C(N)=O)o1. The van der Waals surface area contributed by atoms with Crippen LogP contribution in [0.4, 0.5) is 5.69 Å². The van der Waals surface area contributed by atoms with Crippen LogP contribution in [-0.2, 0) is 0 Å². The van der Waals surface area contributed by atoms with Gasteiger partial charge in [0.2, 0.25) is 5.76 Å². The maximum absolute atomic E-state index is 11.8. The van der Waals surface area contributed by atoms with Crippen molar-refractivity contribution in [3.63, 3.8) is 0 Å². The molecule has 1 aromatic heterocycles. The summed E-state index contributed by atoms with van der Waals surface area (Å²) in [6, 6.07) is 6.47. The monoisotopic (exact) mass is 245 g/mol. The van der Waals surface area contributed by atoms with Crippen molar-refractivity contribution in [3.05, 3.63) is 47.7 Å². The average Bonchev–Trinajstić information content (AvgIpc) is 2.76. The van der Waals surface area contributed by atoms with Crippen LogP contribution >= 0.6 is 0 Å². The van der Waals surface area contributed by atoms with Gasteiger partial charge in [0, 0.05) is 6.92 Å². The van der Waals surface area contributed by atoms with Crippen LogP contribution in [0.5, 0.6) is 0 Å². The van der Waals surface area contributed by atoms with Gasteiger partial charge in [-0.3, -0.25) is 9.59 Å². The molecule has 92 valence electrons. The van der Waals surface area contributed by atoms with Crippen LogP contribution in [0.15, 0.2) is 34.9 Å². The van der Waals surface area contributed by atoms with Crippen molar-refractivity contribution in [3.8, 4) is 0 Å². The molecule has 1 heterocycles. The predicted molar refractivity (Wildman–Crippen MR) is 64.2 cm³/mol. The summed E-state index contributed by atoms with van der Waals surface area (Å²) in [5.41, 5.74) is 5.78. The number of nitrogens with zero attached hydrogens (tertiary/aromatic N) is 1. The molecule has 0 fully saturated rings. The second-order valence-electron chi connectivity index (χ2n) is 3.61. The number of nitrogens with two attached hydrogens (primary N) is 1. The Bertz CT molecular complexity index is 604. The summed E-state index contributed by atoms with van der Waals surface area (Å²) in [5.74, 6) is -0.626. The van der Waals surface area contributed by atoms with Gasteiger partial charge in [0.15, 0.2) is 5.89 Å². The Morgan fingerprint density at radius 3 is 2.67 bits per heavy atom. The molecule has 0 aliphatic heterocycles. The van der Waals surface area contributed by atoms with E-state index in [1.165, 1.54) is 12.3 Å². The normalized spacial score (nSPS) is 10.1. The van der Waals surface area contributed by atoms with Crippen LogP contribution in [0.1, 0.15) is 26.8 Å². The topological polar surface area (TPSA) is 98.2 Å². The first kappa shape index (κ1) is 11.8. The fourth-order valence-corrected chi connectivity index (χ4v) is 1.46. The number of rotatable bonds is 3. The zero-order valence-corrected chi connectivity index (χ0v) is 9.64. The first-order chi connectivity index (χ1) is 8.58. The fourth-order valence-electron chi connectivity index (χ4n) is 1.46. The lowest BCUT2D eigenvalue weighted by Crippen LogP contribution is -2.17. The highest BCUT2D eigenvalue weighted by Crippen LogP contribution is 2.15. The summed E-state index contributed by atoms with van der Waals surface area (Å²) in [4.78, 5) is 26.8. The number of hydrogen-bond acceptors (Lipinski definition) is 4. The lowest BCUT2D eigenvalue weighted by Gasteiger charge is -2.06. The van der Waals surface area contributed by atoms with Gasteiger partial charge in [-0.1, -0.05) is 12.1 Å². The summed E-state index contributed by atoms with van der Waals surface area (Å²) in [5, 5.41) is 2.55. The number of nitrogens with one attached hydrogen (secondary N) is 1. The highest BCUT2D eigenvalue weighted by Gasteiger charge is 2.14. The molecule has 0 bridgehead atoms. The Balaban J connectivity index is 2.24. The van der Waals surface area contributed by atoms with Crippen molar-refractivity contribution in [2.45, 2.75) is 6.92 Å². The molecule has 3 N–H and O–H groups in total. The fraction of sp³-hybridized carbons (Fsp3) is 0.0833. The van der Waals surface area contributed by atoms with Gasteiger partial charge in [0.25, 0.3) is 11.8 Å². The molecule has 0 saturated carbocycles. The molecule has 0 spiro atoms. The van der Waals surface area contributed by atoms with E-state index in [2.05, 4.69) is 10.3 Å². The largest absolute Gasteiger partial charge is 0.436 e. The van der Waals surface area contributed by atoms with E-state index in [0.717, 1.165) is 0 Å². The van der Waals surface area contributed by atoms with Gasteiger partial charge in [-0.2, -0.15) is 0 Å². The van der Waals surface area contributed by atoms with Crippen molar-refractivity contribution in [1.29, 1.82) is 0 Å². The van der Waals surface area contributed by atoms with E-state index in [9.17, 15) is 9.59 Å². The minimum atomic E-state index is -0.611. The Hall–Kier alpha value is -2.63. The number of carbonyl (C=O) groups is 2. The molecule has 0 aliphatic carbocycles. The second-order valence-corrected chi connectivity index (χ2v) is 3.61. The third-order valence-electron chi connectivity index (χ3n) is 2.29. The zero-order valence-electron chi connectivity index (χ0n) is 9.64.